The minimum Gasteiger partial charge on any atom is -0.358 e. The predicted octanol–water partition coefficient (Wildman–Crippen LogP) is 4.09. The fraction of sp³-hybridized carbons (Fsp3) is 0.100. The van der Waals surface area contributed by atoms with Crippen molar-refractivity contribution < 1.29 is 9.59 Å². The molecule has 2 aromatic carbocycles. The van der Waals surface area contributed by atoms with Crippen LogP contribution < -0.4 is 0 Å². The standard InChI is InChI=1S/C20H17NO2/c1-13-3-7-15(8-4-13)19(22)17-11-18(21-12-17)20(23)16-9-5-14(2)6-10-16/h3-12,21H,1-2H3. The third kappa shape index (κ3) is 3.14. The molecule has 3 heteroatoms. The zero-order chi connectivity index (χ0) is 16.4. The minimum atomic E-state index is -0.118. The van der Waals surface area contributed by atoms with E-state index in [1.165, 1.54) is 0 Å². The van der Waals surface area contributed by atoms with Crippen LogP contribution in [0.25, 0.3) is 0 Å². The molecule has 0 radical (unpaired) electrons. The maximum Gasteiger partial charge on any atom is 0.209 e. The van der Waals surface area contributed by atoms with Crippen molar-refractivity contribution >= 4 is 11.6 Å². The molecule has 1 N–H and O–H groups in total. The van der Waals surface area contributed by atoms with Gasteiger partial charge >= 0.3 is 0 Å². The van der Waals surface area contributed by atoms with Crippen molar-refractivity contribution in [3.8, 4) is 0 Å². The van der Waals surface area contributed by atoms with Gasteiger partial charge < -0.3 is 4.98 Å². The second-order valence-corrected chi connectivity index (χ2v) is 5.69. The number of H-pyrrole nitrogens is 1. The summed E-state index contributed by atoms with van der Waals surface area (Å²) < 4.78 is 0. The lowest BCUT2D eigenvalue weighted by atomic mass is 10.0. The van der Waals surface area contributed by atoms with E-state index in [4.69, 9.17) is 0 Å². The number of nitrogens with one attached hydrogen (secondary N) is 1. The first-order chi connectivity index (χ1) is 11.0. The summed E-state index contributed by atoms with van der Waals surface area (Å²) >= 11 is 0. The van der Waals surface area contributed by atoms with Crippen LogP contribution >= 0.6 is 0 Å². The van der Waals surface area contributed by atoms with E-state index in [0.717, 1.165) is 11.1 Å². The van der Waals surface area contributed by atoms with Crippen molar-refractivity contribution in [1.82, 2.24) is 4.98 Å². The Hall–Kier alpha value is -2.94. The Morgan fingerprint density at radius 3 is 1.70 bits per heavy atom. The smallest absolute Gasteiger partial charge is 0.209 e. The fourth-order valence-electron chi connectivity index (χ4n) is 2.39. The normalized spacial score (nSPS) is 10.5. The SMILES string of the molecule is Cc1ccc(C(=O)c2c[nH]c(C(=O)c3ccc(C)cc3)c2)cc1. The number of aromatic nitrogens is 1. The molecule has 0 aliphatic rings. The second kappa shape index (κ2) is 6.05. The zero-order valence-corrected chi connectivity index (χ0v) is 13.1. The first kappa shape index (κ1) is 15.0. The number of aromatic amines is 1. The molecule has 0 atom stereocenters. The number of rotatable bonds is 4. The molecule has 0 spiro atoms. The van der Waals surface area contributed by atoms with E-state index in [2.05, 4.69) is 4.98 Å². The average molecular weight is 303 g/mol. The highest BCUT2D eigenvalue weighted by Crippen LogP contribution is 2.15. The highest BCUT2D eigenvalue weighted by Gasteiger charge is 2.15. The highest BCUT2D eigenvalue weighted by atomic mass is 16.1. The van der Waals surface area contributed by atoms with Crippen molar-refractivity contribution in [1.29, 1.82) is 0 Å². The second-order valence-electron chi connectivity index (χ2n) is 5.69. The summed E-state index contributed by atoms with van der Waals surface area (Å²) in [5.41, 5.74) is 4.33. The van der Waals surface area contributed by atoms with Crippen molar-refractivity contribution in [2.75, 3.05) is 0 Å². The van der Waals surface area contributed by atoms with E-state index in [-0.39, 0.29) is 11.6 Å². The van der Waals surface area contributed by atoms with Gasteiger partial charge in [0.15, 0.2) is 5.78 Å². The van der Waals surface area contributed by atoms with Gasteiger partial charge in [0.25, 0.3) is 0 Å². The van der Waals surface area contributed by atoms with Crippen molar-refractivity contribution in [2.24, 2.45) is 0 Å². The van der Waals surface area contributed by atoms with E-state index >= 15 is 0 Å². The Morgan fingerprint density at radius 2 is 1.17 bits per heavy atom. The Kier molecular flexibility index (Phi) is 3.94. The molecule has 3 rings (SSSR count). The van der Waals surface area contributed by atoms with Crippen molar-refractivity contribution in [2.45, 2.75) is 13.8 Å². The number of hydrogen-bond donors (Lipinski definition) is 1. The van der Waals surface area contributed by atoms with Gasteiger partial charge in [-0.05, 0) is 19.9 Å². The van der Waals surface area contributed by atoms with Crippen LogP contribution in [0.3, 0.4) is 0 Å². The van der Waals surface area contributed by atoms with Crippen LogP contribution in [-0.2, 0) is 0 Å². The molecule has 0 aliphatic heterocycles. The lowest BCUT2D eigenvalue weighted by Crippen LogP contribution is -2.02. The van der Waals surface area contributed by atoms with Crippen molar-refractivity contribution in [3.63, 3.8) is 0 Å². The predicted molar refractivity (Wildman–Crippen MR) is 90.0 cm³/mol. The van der Waals surface area contributed by atoms with E-state index in [0.29, 0.717) is 22.4 Å². The van der Waals surface area contributed by atoms with Gasteiger partial charge in [-0.2, -0.15) is 0 Å². The Morgan fingerprint density at radius 1 is 0.696 bits per heavy atom. The van der Waals surface area contributed by atoms with Crippen LogP contribution in [0.2, 0.25) is 0 Å². The van der Waals surface area contributed by atoms with Crippen molar-refractivity contribution in [3.05, 3.63) is 94.3 Å². The van der Waals surface area contributed by atoms with Crippen LogP contribution in [0.4, 0.5) is 0 Å². The summed E-state index contributed by atoms with van der Waals surface area (Å²) in [6.07, 6.45) is 1.59. The first-order valence-electron chi connectivity index (χ1n) is 7.46. The monoisotopic (exact) mass is 303 g/mol. The fourth-order valence-corrected chi connectivity index (χ4v) is 2.39. The minimum absolute atomic E-state index is 0.0933. The first-order valence-corrected chi connectivity index (χ1v) is 7.46. The van der Waals surface area contributed by atoms with Gasteiger partial charge in [-0.25, -0.2) is 0 Å². The van der Waals surface area contributed by atoms with Gasteiger partial charge in [-0.15, -0.1) is 0 Å². The molecule has 0 saturated carbocycles. The van der Waals surface area contributed by atoms with E-state index in [9.17, 15) is 9.59 Å². The summed E-state index contributed by atoms with van der Waals surface area (Å²) in [6, 6.07) is 16.4. The van der Waals surface area contributed by atoms with Gasteiger partial charge in [0, 0.05) is 22.9 Å². The average Bonchev–Trinajstić information content (AvgIpc) is 3.05. The van der Waals surface area contributed by atoms with Crippen LogP contribution in [0.1, 0.15) is 43.1 Å². The summed E-state index contributed by atoms with van der Waals surface area (Å²) in [4.78, 5) is 27.8. The highest BCUT2D eigenvalue weighted by molar-refractivity contribution is 6.12. The lowest BCUT2D eigenvalue weighted by Gasteiger charge is -2.00. The topological polar surface area (TPSA) is 49.9 Å². The Balaban J connectivity index is 1.85. The number of benzene rings is 2. The molecule has 0 amide bonds. The molecule has 1 aromatic heterocycles. The van der Waals surface area contributed by atoms with Crippen LogP contribution in [0, 0.1) is 13.8 Å². The van der Waals surface area contributed by atoms with Crippen LogP contribution in [-0.4, -0.2) is 16.6 Å². The number of carbonyl (C=O) groups is 2. The summed E-state index contributed by atoms with van der Waals surface area (Å²) in [6.45, 7) is 3.95. The van der Waals surface area contributed by atoms with Gasteiger partial charge in [0.2, 0.25) is 5.78 Å². The van der Waals surface area contributed by atoms with Crippen LogP contribution in [0.5, 0.6) is 0 Å². The van der Waals surface area contributed by atoms with E-state index in [1.54, 1.807) is 36.5 Å². The van der Waals surface area contributed by atoms with Crippen LogP contribution in [0.15, 0.2) is 60.8 Å². The quantitative estimate of drug-likeness (QED) is 0.738. The number of aryl methyl sites for hydroxylation is 2. The van der Waals surface area contributed by atoms with E-state index < -0.39 is 0 Å². The summed E-state index contributed by atoms with van der Waals surface area (Å²) in [5.74, 6) is -0.211. The van der Waals surface area contributed by atoms with Gasteiger partial charge in [0.1, 0.15) is 0 Å². The number of ketones is 2. The molecule has 23 heavy (non-hydrogen) atoms. The number of carbonyl (C=O) groups excluding carboxylic acids is 2. The maximum atomic E-state index is 12.4. The molecule has 0 bridgehead atoms. The third-order valence-electron chi connectivity index (χ3n) is 3.82. The number of hydrogen-bond acceptors (Lipinski definition) is 2. The van der Waals surface area contributed by atoms with Gasteiger partial charge in [-0.1, -0.05) is 59.7 Å². The molecular formula is C20H17NO2. The third-order valence-corrected chi connectivity index (χ3v) is 3.82. The van der Waals surface area contributed by atoms with Gasteiger partial charge in [0.05, 0.1) is 5.69 Å². The molecule has 114 valence electrons. The molecule has 0 fully saturated rings. The zero-order valence-electron chi connectivity index (χ0n) is 13.1. The molecule has 3 nitrogen and oxygen atoms in total. The molecule has 3 aromatic rings. The summed E-state index contributed by atoms with van der Waals surface area (Å²) in [5, 5.41) is 0. The maximum absolute atomic E-state index is 12.4. The molecular weight excluding hydrogens is 286 g/mol. The van der Waals surface area contributed by atoms with E-state index in [1.807, 2.05) is 38.1 Å². The molecule has 0 saturated heterocycles. The molecule has 0 aliphatic carbocycles. The molecule has 0 unspecified atom stereocenters. The summed E-state index contributed by atoms with van der Waals surface area (Å²) in [7, 11) is 0. The van der Waals surface area contributed by atoms with Gasteiger partial charge in [-0.3, -0.25) is 9.59 Å². The lowest BCUT2D eigenvalue weighted by molar-refractivity contribution is 0.103. The Bertz CT molecular complexity index is 783. The largest absolute Gasteiger partial charge is 0.358 e. The Labute approximate surface area is 135 Å². The molecule has 1 heterocycles.